The fraction of sp³-hybridized carbons (Fsp3) is 0.556. The molecule has 0 amide bonds. The van der Waals surface area contributed by atoms with Gasteiger partial charge >= 0.3 is 0 Å². The van der Waals surface area contributed by atoms with Crippen molar-refractivity contribution in [1.29, 1.82) is 0 Å². The zero-order valence-electron chi connectivity index (χ0n) is 12.7. The normalized spacial score (nSPS) is 18.7. The molecular weight excluding hydrogens is 216 g/mol. The van der Waals surface area contributed by atoms with Gasteiger partial charge in [0.05, 0.1) is 0 Å². The summed E-state index contributed by atoms with van der Waals surface area (Å²) >= 11 is 0. The lowest BCUT2D eigenvalue weighted by molar-refractivity contribution is 0.437. The van der Waals surface area contributed by atoms with Crippen LogP contribution in [-0.4, -0.2) is 0 Å². The van der Waals surface area contributed by atoms with Gasteiger partial charge in [-0.25, -0.2) is 0 Å². The van der Waals surface area contributed by atoms with Gasteiger partial charge in [0.1, 0.15) is 0 Å². The van der Waals surface area contributed by atoms with E-state index in [0.717, 1.165) is 5.92 Å². The van der Waals surface area contributed by atoms with Gasteiger partial charge in [0, 0.05) is 5.92 Å². The van der Waals surface area contributed by atoms with Crippen molar-refractivity contribution in [2.75, 3.05) is 0 Å². The maximum atomic E-state index is 2.44. The van der Waals surface area contributed by atoms with Crippen LogP contribution in [0.2, 0.25) is 0 Å². The topological polar surface area (TPSA) is 0 Å². The fourth-order valence-electron chi connectivity index (χ4n) is 3.47. The molecule has 0 N–H and O–H groups in total. The molecule has 0 saturated carbocycles. The van der Waals surface area contributed by atoms with Crippen LogP contribution in [-0.2, 0) is 0 Å². The molecule has 2 rings (SSSR count). The Balaban J connectivity index is 2.57. The van der Waals surface area contributed by atoms with Gasteiger partial charge in [-0.05, 0) is 61.4 Å². The van der Waals surface area contributed by atoms with Gasteiger partial charge < -0.3 is 0 Å². The highest BCUT2D eigenvalue weighted by atomic mass is 14.4. The van der Waals surface area contributed by atoms with Crippen LogP contribution in [0.5, 0.6) is 0 Å². The highest BCUT2D eigenvalue weighted by molar-refractivity contribution is 5.77. The molecule has 0 heterocycles. The van der Waals surface area contributed by atoms with Crippen molar-refractivity contribution >= 4 is 5.57 Å². The van der Waals surface area contributed by atoms with Crippen LogP contribution < -0.4 is 0 Å². The summed E-state index contributed by atoms with van der Waals surface area (Å²) in [6, 6.07) is 4.83. The second-order valence-corrected chi connectivity index (χ2v) is 5.89. The van der Waals surface area contributed by atoms with Crippen molar-refractivity contribution < 1.29 is 0 Å². The Kier molecular flexibility index (Phi) is 3.66. The molecular formula is C18H26. The van der Waals surface area contributed by atoms with Crippen LogP contribution in [0.4, 0.5) is 0 Å². The van der Waals surface area contributed by atoms with Crippen molar-refractivity contribution in [2.24, 2.45) is 5.92 Å². The predicted octanol–water partition coefficient (Wildman–Crippen LogP) is 5.63. The van der Waals surface area contributed by atoms with E-state index in [-0.39, 0.29) is 0 Å². The average Bonchev–Trinajstić information content (AvgIpc) is 2.57. The van der Waals surface area contributed by atoms with Crippen LogP contribution in [0.25, 0.3) is 5.57 Å². The van der Waals surface area contributed by atoms with Gasteiger partial charge in [-0.1, -0.05) is 44.4 Å². The van der Waals surface area contributed by atoms with E-state index in [4.69, 9.17) is 0 Å². The number of hydrogen-bond acceptors (Lipinski definition) is 0. The van der Waals surface area contributed by atoms with Crippen molar-refractivity contribution in [3.63, 3.8) is 0 Å². The second-order valence-electron chi connectivity index (χ2n) is 5.89. The lowest BCUT2D eigenvalue weighted by atomic mass is 9.80. The summed E-state index contributed by atoms with van der Waals surface area (Å²) in [6.07, 6.45) is 2.55. The first-order valence-corrected chi connectivity index (χ1v) is 7.30. The summed E-state index contributed by atoms with van der Waals surface area (Å²) in [4.78, 5) is 0. The molecule has 98 valence electrons. The zero-order chi connectivity index (χ0) is 13.4. The summed E-state index contributed by atoms with van der Waals surface area (Å²) in [7, 11) is 0. The maximum absolute atomic E-state index is 2.44. The van der Waals surface area contributed by atoms with Crippen molar-refractivity contribution in [1.82, 2.24) is 0 Å². The van der Waals surface area contributed by atoms with E-state index in [2.05, 4.69) is 53.7 Å². The smallest absolute Gasteiger partial charge is 0.00855 e. The molecule has 1 aromatic rings. The van der Waals surface area contributed by atoms with E-state index in [1.54, 1.807) is 11.1 Å². The Bertz CT molecular complexity index is 487. The molecule has 1 aliphatic carbocycles. The van der Waals surface area contributed by atoms with Crippen LogP contribution in [0, 0.1) is 19.8 Å². The van der Waals surface area contributed by atoms with E-state index in [1.807, 2.05) is 0 Å². The van der Waals surface area contributed by atoms with Crippen LogP contribution in [0.15, 0.2) is 17.7 Å². The Hall–Kier alpha value is -1.04. The summed E-state index contributed by atoms with van der Waals surface area (Å²) in [5.74, 6) is 1.46. The lowest BCUT2D eigenvalue weighted by Gasteiger charge is -2.24. The Morgan fingerprint density at radius 1 is 0.944 bits per heavy atom. The number of benzene rings is 1. The fourth-order valence-corrected chi connectivity index (χ4v) is 3.47. The van der Waals surface area contributed by atoms with Gasteiger partial charge in [0.15, 0.2) is 0 Å². The third kappa shape index (κ3) is 1.92. The van der Waals surface area contributed by atoms with Gasteiger partial charge in [-0.3, -0.25) is 0 Å². The van der Waals surface area contributed by atoms with Gasteiger partial charge in [0.25, 0.3) is 0 Å². The lowest BCUT2D eigenvalue weighted by Crippen LogP contribution is -2.11. The average molecular weight is 242 g/mol. The first-order chi connectivity index (χ1) is 8.51. The van der Waals surface area contributed by atoms with Crippen molar-refractivity contribution in [3.05, 3.63) is 40.0 Å². The van der Waals surface area contributed by atoms with Gasteiger partial charge in [-0.2, -0.15) is 0 Å². The minimum Gasteiger partial charge on any atom is -0.0651 e. The van der Waals surface area contributed by atoms with Crippen LogP contribution in [0.3, 0.4) is 0 Å². The Labute approximate surface area is 112 Å². The minimum absolute atomic E-state index is 0.661. The minimum atomic E-state index is 0.661. The molecule has 0 heteroatoms. The van der Waals surface area contributed by atoms with Crippen molar-refractivity contribution in [2.45, 2.75) is 60.3 Å². The zero-order valence-corrected chi connectivity index (χ0v) is 12.7. The summed E-state index contributed by atoms with van der Waals surface area (Å²) < 4.78 is 0. The van der Waals surface area contributed by atoms with Crippen LogP contribution in [0.1, 0.15) is 68.7 Å². The SMILES string of the molecule is CCC(CC)C1C(C)=C(C)c2cc(C)c(C)cc21. The molecule has 0 saturated heterocycles. The Morgan fingerprint density at radius 2 is 1.50 bits per heavy atom. The molecule has 1 aliphatic rings. The quantitative estimate of drug-likeness (QED) is 0.644. The van der Waals surface area contributed by atoms with E-state index >= 15 is 0 Å². The highest BCUT2D eigenvalue weighted by Gasteiger charge is 2.31. The summed E-state index contributed by atoms with van der Waals surface area (Å²) in [5.41, 5.74) is 9.07. The first-order valence-electron chi connectivity index (χ1n) is 7.30. The second kappa shape index (κ2) is 4.91. The Morgan fingerprint density at radius 3 is 2.06 bits per heavy atom. The van der Waals surface area contributed by atoms with Gasteiger partial charge in [-0.15, -0.1) is 0 Å². The molecule has 1 unspecified atom stereocenters. The molecule has 0 spiro atoms. The maximum Gasteiger partial charge on any atom is 0.00855 e. The number of fused-ring (bicyclic) bond motifs is 1. The highest BCUT2D eigenvalue weighted by Crippen LogP contribution is 2.47. The van der Waals surface area contributed by atoms with Crippen LogP contribution >= 0.6 is 0 Å². The van der Waals surface area contributed by atoms with Crippen molar-refractivity contribution in [3.8, 4) is 0 Å². The number of rotatable bonds is 3. The molecule has 1 atom stereocenters. The number of allylic oxidation sites excluding steroid dienone is 2. The van der Waals surface area contributed by atoms with E-state index in [0.29, 0.717) is 5.92 Å². The molecule has 18 heavy (non-hydrogen) atoms. The molecule has 1 aromatic carbocycles. The number of aryl methyl sites for hydroxylation is 2. The van der Waals surface area contributed by atoms with Gasteiger partial charge in [0.2, 0.25) is 0 Å². The standard InChI is InChI=1S/C18H26/c1-7-15(8-2)18-14(6)13(5)16-9-11(3)12(4)10-17(16)18/h9-10,15,18H,7-8H2,1-6H3. The van der Waals surface area contributed by atoms with E-state index in [9.17, 15) is 0 Å². The largest absolute Gasteiger partial charge is 0.0651 e. The number of hydrogen-bond donors (Lipinski definition) is 0. The first kappa shape index (κ1) is 13.4. The third-order valence-electron chi connectivity index (χ3n) is 4.98. The molecule has 0 bridgehead atoms. The molecule has 0 fully saturated rings. The predicted molar refractivity (Wildman–Crippen MR) is 81.0 cm³/mol. The third-order valence-corrected chi connectivity index (χ3v) is 4.98. The molecule has 0 aliphatic heterocycles. The summed E-state index contributed by atoms with van der Waals surface area (Å²) in [5, 5.41) is 0. The molecule has 0 nitrogen and oxygen atoms in total. The van der Waals surface area contributed by atoms with E-state index < -0.39 is 0 Å². The summed E-state index contributed by atoms with van der Waals surface area (Å²) in [6.45, 7) is 13.8. The molecule has 0 radical (unpaired) electrons. The monoisotopic (exact) mass is 242 g/mol. The van der Waals surface area contributed by atoms with E-state index in [1.165, 1.54) is 35.1 Å². The molecule has 0 aromatic heterocycles.